The molecule has 48 heavy (non-hydrogen) atoms. The second-order valence-corrected chi connectivity index (χ2v) is 14.2. The van der Waals surface area contributed by atoms with Crippen LogP contribution in [-0.2, 0) is 20.3 Å². The van der Waals surface area contributed by atoms with Gasteiger partial charge in [0.2, 0.25) is 0 Å². The summed E-state index contributed by atoms with van der Waals surface area (Å²) in [4.78, 5) is 43.0. The fourth-order valence-electron chi connectivity index (χ4n) is 6.22. The van der Waals surface area contributed by atoms with E-state index in [0.717, 1.165) is 22.3 Å². The van der Waals surface area contributed by atoms with Gasteiger partial charge in [-0.05, 0) is 35.6 Å². The van der Waals surface area contributed by atoms with Crippen molar-refractivity contribution in [2.24, 2.45) is 5.73 Å². The van der Waals surface area contributed by atoms with E-state index in [1.54, 1.807) is 52.0 Å². The van der Waals surface area contributed by atoms with Gasteiger partial charge in [-0.3, -0.25) is 14.2 Å². The molecule has 1 fully saturated rings. The molecule has 0 radical (unpaired) electrons. The molecule has 0 spiro atoms. The summed E-state index contributed by atoms with van der Waals surface area (Å²) < 4.78 is 54.9. The summed E-state index contributed by atoms with van der Waals surface area (Å²) in [5, 5.41) is 2.18. The van der Waals surface area contributed by atoms with Crippen molar-refractivity contribution >= 4 is 26.8 Å². The van der Waals surface area contributed by atoms with E-state index >= 15 is 0 Å². The number of methoxy groups -OCH3 is 1. The van der Waals surface area contributed by atoms with E-state index in [4.69, 9.17) is 19.9 Å². The van der Waals surface area contributed by atoms with Crippen molar-refractivity contribution in [1.29, 1.82) is 0 Å². The Morgan fingerprint density at radius 1 is 1.10 bits per heavy atom. The molecule has 2 heterocycles. The molecule has 1 saturated heterocycles. The maximum atomic E-state index is 14.4. The molecule has 4 N–H and O–H groups in total. The third-order valence-electron chi connectivity index (χ3n) is 8.51. The number of morpholine rings is 1. The van der Waals surface area contributed by atoms with Gasteiger partial charge in [0.15, 0.2) is 5.75 Å². The smallest absolute Gasteiger partial charge is 0.356 e. The molecule has 1 aliphatic heterocycles. The van der Waals surface area contributed by atoms with Crippen LogP contribution in [0.2, 0.25) is 0 Å². The highest BCUT2D eigenvalue weighted by Gasteiger charge is 2.37. The van der Waals surface area contributed by atoms with Crippen LogP contribution in [0.3, 0.4) is 0 Å². The summed E-state index contributed by atoms with van der Waals surface area (Å²) in [5.41, 5.74) is 3.33. The summed E-state index contributed by atoms with van der Waals surface area (Å²) in [6.07, 6.45) is -0.106. The van der Waals surface area contributed by atoms with Crippen LogP contribution < -0.4 is 26.6 Å². The number of aromatic amines is 1. The second-order valence-electron chi connectivity index (χ2n) is 12.6. The van der Waals surface area contributed by atoms with Crippen molar-refractivity contribution in [2.75, 3.05) is 46.6 Å². The van der Waals surface area contributed by atoms with Crippen molar-refractivity contribution < 1.29 is 32.0 Å². The highest BCUT2D eigenvalue weighted by Crippen LogP contribution is 2.44. The summed E-state index contributed by atoms with van der Waals surface area (Å²) in [6.45, 7) is 11.0. The van der Waals surface area contributed by atoms with Gasteiger partial charge in [0.25, 0.3) is 16.0 Å². The van der Waals surface area contributed by atoms with Crippen LogP contribution in [0.5, 0.6) is 11.5 Å². The third kappa shape index (κ3) is 6.63. The first-order chi connectivity index (χ1) is 22.7. The Kier molecular flexibility index (Phi) is 9.87. The zero-order valence-corrected chi connectivity index (χ0v) is 28.4. The van der Waals surface area contributed by atoms with E-state index in [1.165, 1.54) is 13.2 Å². The quantitative estimate of drug-likeness (QED) is 0.198. The number of nitrogens with one attached hydrogen (secondary N) is 1. The van der Waals surface area contributed by atoms with Crippen molar-refractivity contribution in [1.82, 2.24) is 19.2 Å². The number of hydrogen-bond acceptors (Lipinski definition) is 9. The standard InChI is InChI=1S/C33H41N5O9S/c1-6-26(48(42,43)44)27-23(33(2,3)4)19-22(30(34)39)29(45-5)28(27)38-32(41)37(31(40)35-38)24-11-12-25(21-10-8-7-9-20(21)24)47-18-15-36-13-16-46-17-14-36/h7-12,19,26H,6,13-18H2,1-5H3,(H2,34,39)(H,35,40)(H,42,43,44). The predicted molar refractivity (Wildman–Crippen MR) is 181 cm³/mol. The lowest BCUT2D eigenvalue weighted by atomic mass is 9.80. The molecule has 5 rings (SSSR count). The Hall–Kier alpha value is -4.44. The number of primary amides is 1. The average molecular weight is 684 g/mol. The van der Waals surface area contributed by atoms with E-state index in [0.29, 0.717) is 48.5 Å². The zero-order valence-electron chi connectivity index (χ0n) is 27.6. The molecule has 4 aromatic rings. The monoisotopic (exact) mass is 683 g/mol. The molecule has 1 atom stereocenters. The minimum atomic E-state index is -4.77. The number of benzene rings is 3. The van der Waals surface area contributed by atoms with Gasteiger partial charge in [-0.15, -0.1) is 0 Å². The Morgan fingerprint density at radius 2 is 1.77 bits per heavy atom. The van der Waals surface area contributed by atoms with Crippen molar-refractivity contribution in [3.05, 3.63) is 80.1 Å². The summed E-state index contributed by atoms with van der Waals surface area (Å²) in [6, 6.07) is 11.8. The number of rotatable bonds is 11. The van der Waals surface area contributed by atoms with Gasteiger partial charge in [0, 0.05) is 36.0 Å². The lowest BCUT2D eigenvalue weighted by molar-refractivity contribution is 0.0323. The van der Waals surface area contributed by atoms with Gasteiger partial charge in [0.1, 0.15) is 23.3 Å². The topological polar surface area (TPSA) is 188 Å². The zero-order chi connectivity index (χ0) is 35.0. The average Bonchev–Trinajstić information content (AvgIpc) is 3.32. The van der Waals surface area contributed by atoms with E-state index in [-0.39, 0.29) is 34.7 Å². The van der Waals surface area contributed by atoms with Crippen LogP contribution in [0.4, 0.5) is 0 Å². The number of aromatic nitrogens is 3. The highest BCUT2D eigenvalue weighted by molar-refractivity contribution is 7.86. The van der Waals surface area contributed by atoms with Crippen molar-refractivity contribution in [2.45, 2.75) is 44.8 Å². The number of nitrogens with two attached hydrogens (primary N) is 1. The Bertz CT molecular complexity index is 2070. The first-order valence-corrected chi connectivity index (χ1v) is 17.1. The number of carbonyl (C=O) groups is 1. The molecule has 1 aliphatic rings. The van der Waals surface area contributed by atoms with Crippen LogP contribution >= 0.6 is 0 Å². The molecular formula is C33H41N5O9S. The van der Waals surface area contributed by atoms with Gasteiger partial charge in [0.05, 0.1) is 31.6 Å². The molecule has 1 aromatic heterocycles. The summed E-state index contributed by atoms with van der Waals surface area (Å²) >= 11 is 0. The Labute approximate surface area is 277 Å². The molecule has 14 nitrogen and oxygen atoms in total. The number of carbonyl (C=O) groups excluding carboxylic acids is 1. The van der Waals surface area contributed by atoms with Crippen LogP contribution in [0.25, 0.3) is 22.1 Å². The van der Waals surface area contributed by atoms with Gasteiger partial charge in [-0.2, -0.15) is 13.1 Å². The summed E-state index contributed by atoms with van der Waals surface area (Å²) in [5.74, 6) is -0.578. The number of amides is 1. The van der Waals surface area contributed by atoms with Gasteiger partial charge >= 0.3 is 11.4 Å². The molecule has 0 bridgehead atoms. The van der Waals surface area contributed by atoms with Crippen LogP contribution in [-0.4, -0.2) is 84.7 Å². The first-order valence-electron chi connectivity index (χ1n) is 15.6. The van der Waals surface area contributed by atoms with E-state index in [2.05, 4.69) is 10.00 Å². The molecule has 3 aromatic carbocycles. The SMILES string of the molecule is CCC(c1c(C(C)(C)C)cc(C(N)=O)c(OC)c1-n1[nH]c(=O)n(-c2ccc(OCCN3CCOCC3)c3ccccc23)c1=O)S(=O)(=O)O. The number of hydrogen-bond donors (Lipinski definition) is 3. The van der Waals surface area contributed by atoms with Crippen molar-refractivity contribution in [3.63, 3.8) is 0 Å². The molecular weight excluding hydrogens is 642 g/mol. The molecule has 0 saturated carbocycles. The van der Waals surface area contributed by atoms with Gasteiger partial charge < -0.3 is 19.9 Å². The van der Waals surface area contributed by atoms with E-state index in [1.807, 2.05) is 12.1 Å². The third-order valence-corrected chi connectivity index (χ3v) is 9.80. The Balaban J connectivity index is 1.73. The van der Waals surface area contributed by atoms with Crippen LogP contribution in [0.1, 0.15) is 60.9 Å². The van der Waals surface area contributed by atoms with E-state index in [9.17, 15) is 27.4 Å². The number of H-pyrrole nitrogens is 1. The van der Waals surface area contributed by atoms with Crippen molar-refractivity contribution in [3.8, 4) is 22.9 Å². The molecule has 258 valence electrons. The minimum Gasteiger partial charge on any atom is -0.494 e. The van der Waals surface area contributed by atoms with Gasteiger partial charge in [-0.1, -0.05) is 52.0 Å². The minimum absolute atomic E-state index is 0.0151. The van der Waals surface area contributed by atoms with Gasteiger partial charge in [-0.25, -0.2) is 19.3 Å². The summed E-state index contributed by atoms with van der Waals surface area (Å²) in [7, 11) is -3.54. The fraction of sp³-hybridized carbons (Fsp3) is 0.424. The maximum Gasteiger partial charge on any atom is 0.356 e. The lowest BCUT2D eigenvalue weighted by Crippen LogP contribution is -2.38. The largest absolute Gasteiger partial charge is 0.494 e. The second kappa shape index (κ2) is 13.6. The normalized spacial score (nSPS) is 15.0. The maximum absolute atomic E-state index is 14.4. The Morgan fingerprint density at radius 3 is 2.35 bits per heavy atom. The number of nitrogens with zero attached hydrogens (tertiary/aromatic N) is 3. The molecule has 1 unspecified atom stereocenters. The lowest BCUT2D eigenvalue weighted by Gasteiger charge is -2.30. The predicted octanol–water partition coefficient (Wildman–Crippen LogP) is 2.92. The van der Waals surface area contributed by atoms with E-state index < -0.39 is 38.1 Å². The molecule has 1 amide bonds. The van der Waals surface area contributed by atoms with Crippen LogP contribution in [0, 0.1) is 0 Å². The highest BCUT2D eigenvalue weighted by atomic mass is 32.2. The number of fused-ring (bicyclic) bond motifs is 1. The number of ether oxygens (including phenoxy) is 3. The molecule has 15 heteroatoms. The molecule has 0 aliphatic carbocycles. The van der Waals surface area contributed by atoms with Crippen LogP contribution in [0.15, 0.2) is 52.1 Å². The fourth-order valence-corrected chi connectivity index (χ4v) is 7.17. The first kappa shape index (κ1) is 34.9.